The predicted molar refractivity (Wildman–Crippen MR) is 331 cm³/mol. The first-order valence-corrected chi connectivity index (χ1v) is 28.1. The zero-order valence-electron chi connectivity index (χ0n) is 46.5. The van der Waals surface area contributed by atoms with Gasteiger partial charge in [-0.25, -0.2) is 0 Å². The number of aryl methyl sites for hydroxylation is 2. The highest BCUT2D eigenvalue weighted by molar-refractivity contribution is 6.08. The molecule has 15 rings (SSSR count). The summed E-state index contributed by atoms with van der Waals surface area (Å²) in [5.41, 5.74) is 30.6. The Hall–Kier alpha value is -8.46. The third-order valence-corrected chi connectivity index (χ3v) is 19.4. The summed E-state index contributed by atoms with van der Waals surface area (Å²) in [6.07, 6.45) is 0. The molecule has 0 unspecified atom stereocenters. The van der Waals surface area contributed by atoms with Crippen molar-refractivity contribution in [1.82, 2.24) is 0 Å². The molecular formula is C76H64N2. The first kappa shape index (κ1) is 46.8. The van der Waals surface area contributed by atoms with E-state index in [0.717, 1.165) is 34.1 Å². The largest absolute Gasteiger partial charge is 0.310 e. The molecule has 11 aromatic carbocycles. The second kappa shape index (κ2) is 16.1. The van der Waals surface area contributed by atoms with E-state index in [0.29, 0.717) is 0 Å². The maximum atomic E-state index is 2.52. The summed E-state index contributed by atoms with van der Waals surface area (Å²) in [4.78, 5) is 5.05. The van der Waals surface area contributed by atoms with Crippen molar-refractivity contribution in [2.75, 3.05) is 9.80 Å². The van der Waals surface area contributed by atoms with Gasteiger partial charge in [0, 0.05) is 55.8 Å². The molecule has 0 aromatic heterocycles. The molecule has 0 bridgehead atoms. The minimum absolute atomic E-state index is 0.140. The van der Waals surface area contributed by atoms with Gasteiger partial charge in [0.1, 0.15) is 0 Å². The Morgan fingerprint density at radius 2 is 0.436 bits per heavy atom. The van der Waals surface area contributed by atoms with Crippen LogP contribution in [0.4, 0.5) is 34.1 Å². The van der Waals surface area contributed by atoms with Gasteiger partial charge in [0.2, 0.25) is 0 Å². The van der Waals surface area contributed by atoms with Gasteiger partial charge in [0.05, 0.1) is 0 Å². The lowest BCUT2D eigenvalue weighted by Crippen LogP contribution is -2.18. The van der Waals surface area contributed by atoms with E-state index in [9.17, 15) is 0 Å². The molecule has 4 aliphatic carbocycles. The molecule has 0 heterocycles. The third kappa shape index (κ3) is 6.32. The smallest absolute Gasteiger partial charge is 0.0468 e. The van der Waals surface area contributed by atoms with Crippen LogP contribution in [0.15, 0.2) is 206 Å². The molecule has 0 aliphatic heterocycles. The highest BCUT2D eigenvalue weighted by Crippen LogP contribution is 2.56. The zero-order valence-corrected chi connectivity index (χ0v) is 46.5. The molecule has 2 heteroatoms. The van der Waals surface area contributed by atoms with Crippen LogP contribution in [0, 0.1) is 13.8 Å². The van der Waals surface area contributed by atoms with Gasteiger partial charge in [-0.1, -0.05) is 189 Å². The molecular weight excluding hydrogens is 941 g/mol. The van der Waals surface area contributed by atoms with E-state index in [1.54, 1.807) is 0 Å². The fourth-order valence-corrected chi connectivity index (χ4v) is 15.1. The Morgan fingerprint density at radius 3 is 0.718 bits per heavy atom. The normalized spacial score (nSPS) is 15.7. The SMILES string of the molecule is Cc1c2ccc(N(c3ccc4c(c3)C(C)(C)c3ccccc3-4)c3ccc4c(c3)C(C)(C)c3ccccc3-4)cc2c(C)c2cc(N(c3ccc4c(c3)C(C)(C)c3ccccc3-4)c3ccc4c(c3)C(C)(C)c3ccccc3-4)ccc12. The van der Waals surface area contributed by atoms with Crippen LogP contribution < -0.4 is 9.80 Å². The molecule has 378 valence electrons. The molecule has 0 saturated carbocycles. The molecule has 11 aromatic rings. The molecule has 0 spiro atoms. The summed E-state index contributed by atoms with van der Waals surface area (Å²) in [7, 11) is 0. The van der Waals surface area contributed by atoms with Gasteiger partial charge in [-0.3, -0.25) is 0 Å². The summed E-state index contributed by atoms with van der Waals surface area (Å²) in [5, 5.41) is 5.10. The molecule has 4 aliphatic rings. The maximum Gasteiger partial charge on any atom is 0.0468 e. The minimum atomic E-state index is -0.140. The van der Waals surface area contributed by atoms with E-state index < -0.39 is 0 Å². The van der Waals surface area contributed by atoms with E-state index in [-0.39, 0.29) is 21.7 Å². The van der Waals surface area contributed by atoms with E-state index in [4.69, 9.17) is 0 Å². The number of anilines is 6. The molecule has 0 N–H and O–H groups in total. The predicted octanol–water partition coefficient (Wildman–Crippen LogP) is 20.8. The van der Waals surface area contributed by atoms with Crippen LogP contribution in [0.3, 0.4) is 0 Å². The highest BCUT2D eigenvalue weighted by Gasteiger charge is 2.40. The second-order valence-corrected chi connectivity index (χ2v) is 25.0. The van der Waals surface area contributed by atoms with Gasteiger partial charge in [-0.15, -0.1) is 0 Å². The number of hydrogen-bond acceptors (Lipinski definition) is 2. The van der Waals surface area contributed by atoms with Crippen molar-refractivity contribution >= 4 is 55.7 Å². The Balaban J connectivity index is 0.916. The fourth-order valence-electron chi connectivity index (χ4n) is 15.1. The van der Waals surface area contributed by atoms with Gasteiger partial charge in [-0.2, -0.15) is 0 Å². The lowest BCUT2D eigenvalue weighted by atomic mass is 9.82. The van der Waals surface area contributed by atoms with Crippen molar-refractivity contribution < 1.29 is 0 Å². The Kier molecular flexibility index (Phi) is 9.64. The first-order valence-electron chi connectivity index (χ1n) is 28.1. The van der Waals surface area contributed by atoms with Crippen molar-refractivity contribution in [2.24, 2.45) is 0 Å². The lowest BCUT2D eigenvalue weighted by molar-refractivity contribution is 0.659. The maximum absolute atomic E-state index is 2.52. The monoisotopic (exact) mass is 1000 g/mol. The number of rotatable bonds is 6. The van der Waals surface area contributed by atoms with Crippen molar-refractivity contribution in [3.63, 3.8) is 0 Å². The highest BCUT2D eigenvalue weighted by atomic mass is 15.1. The Bertz CT molecular complexity index is 3930. The van der Waals surface area contributed by atoms with Crippen molar-refractivity contribution in [1.29, 1.82) is 0 Å². The van der Waals surface area contributed by atoms with Crippen molar-refractivity contribution in [3.8, 4) is 44.5 Å². The molecule has 0 atom stereocenters. The number of benzene rings is 11. The fraction of sp³-hybridized carbons (Fsp3) is 0.184. The number of hydrogen-bond donors (Lipinski definition) is 0. The Labute approximate surface area is 460 Å². The van der Waals surface area contributed by atoms with Gasteiger partial charge < -0.3 is 9.80 Å². The van der Waals surface area contributed by atoms with Crippen molar-refractivity contribution in [2.45, 2.75) is 90.9 Å². The number of nitrogens with zero attached hydrogens (tertiary/aromatic N) is 2. The molecule has 2 nitrogen and oxygen atoms in total. The molecule has 0 saturated heterocycles. The van der Waals surface area contributed by atoms with E-state index in [2.05, 4.69) is 285 Å². The third-order valence-electron chi connectivity index (χ3n) is 19.4. The van der Waals surface area contributed by atoms with Gasteiger partial charge in [-0.05, 0) is 208 Å². The average Bonchev–Trinajstić information content (AvgIpc) is 4.23. The summed E-state index contributed by atoms with van der Waals surface area (Å²) in [5.74, 6) is 0. The number of fused-ring (bicyclic) bond motifs is 14. The van der Waals surface area contributed by atoms with Crippen LogP contribution >= 0.6 is 0 Å². The van der Waals surface area contributed by atoms with Crippen LogP contribution in [0.5, 0.6) is 0 Å². The summed E-state index contributed by atoms with van der Waals surface area (Å²) >= 11 is 0. The molecule has 0 fully saturated rings. The summed E-state index contributed by atoms with van der Waals surface area (Å²) in [6, 6.07) is 79.1. The Morgan fingerprint density at radius 1 is 0.218 bits per heavy atom. The van der Waals surface area contributed by atoms with E-state index >= 15 is 0 Å². The lowest BCUT2D eigenvalue weighted by Gasteiger charge is -2.30. The van der Waals surface area contributed by atoms with Crippen LogP contribution in [0.1, 0.15) is 111 Å². The van der Waals surface area contributed by atoms with Crippen molar-refractivity contribution in [3.05, 3.63) is 262 Å². The van der Waals surface area contributed by atoms with Crippen LogP contribution in [-0.2, 0) is 21.7 Å². The average molecular weight is 1010 g/mol. The van der Waals surface area contributed by atoms with Gasteiger partial charge in [0.25, 0.3) is 0 Å². The van der Waals surface area contributed by atoms with Crippen LogP contribution in [0.25, 0.3) is 66.1 Å². The summed E-state index contributed by atoms with van der Waals surface area (Å²) in [6.45, 7) is 23.8. The molecule has 0 radical (unpaired) electrons. The molecule has 0 amide bonds. The van der Waals surface area contributed by atoms with E-state index in [1.807, 2.05) is 0 Å². The topological polar surface area (TPSA) is 6.48 Å². The van der Waals surface area contributed by atoms with E-state index in [1.165, 1.54) is 122 Å². The molecule has 78 heavy (non-hydrogen) atoms. The van der Waals surface area contributed by atoms with Crippen LogP contribution in [0.2, 0.25) is 0 Å². The van der Waals surface area contributed by atoms with Gasteiger partial charge >= 0.3 is 0 Å². The summed E-state index contributed by atoms with van der Waals surface area (Å²) < 4.78 is 0. The second-order valence-electron chi connectivity index (χ2n) is 25.0. The van der Waals surface area contributed by atoms with Gasteiger partial charge in [0.15, 0.2) is 0 Å². The first-order chi connectivity index (χ1) is 37.5. The van der Waals surface area contributed by atoms with Crippen LogP contribution in [-0.4, -0.2) is 0 Å². The quantitative estimate of drug-likeness (QED) is 0.153. The zero-order chi connectivity index (χ0) is 53.4. The minimum Gasteiger partial charge on any atom is -0.310 e. The standard InChI is InChI=1S/C76H64N2/c1-45-53-33-27-47(77(49-29-35-59-55-19-11-15-23-65(55)73(3,4)69(59)41-49)50-30-36-60-56-20-12-16-24-66(56)74(5,6)70(60)42-50)39-63(53)46(2)64-40-48(28-34-54(45)64)78(51-31-37-61-57-21-13-17-25-67(57)75(7,8)71(61)43-51)52-32-38-62-58-22-14-18-26-68(58)76(9,10)72(62)44-52/h11-44H,1-10H3.